The number of fused-ring (bicyclic) bond motifs is 1. The Kier molecular flexibility index (Phi) is 5.76. The van der Waals surface area contributed by atoms with Crippen molar-refractivity contribution in [2.75, 3.05) is 14.2 Å². The largest absolute Gasteiger partial charge is 0.508 e. The third kappa shape index (κ3) is 4.16. The highest BCUT2D eigenvalue weighted by atomic mass is 16.5. The van der Waals surface area contributed by atoms with E-state index >= 15 is 0 Å². The first-order chi connectivity index (χ1) is 15.1. The summed E-state index contributed by atoms with van der Waals surface area (Å²) in [6.07, 6.45) is 0. The summed E-state index contributed by atoms with van der Waals surface area (Å²) >= 11 is 0. The van der Waals surface area contributed by atoms with Gasteiger partial charge in [0.1, 0.15) is 17.2 Å². The second-order valence-electron chi connectivity index (χ2n) is 7.13. The van der Waals surface area contributed by atoms with Gasteiger partial charge in [-0.15, -0.1) is 0 Å². The Labute approximate surface area is 180 Å². The van der Waals surface area contributed by atoms with Crippen molar-refractivity contribution in [2.24, 2.45) is 0 Å². The molecule has 4 aromatic carbocycles. The molecule has 0 aromatic heterocycles. The van der Waals surface area contributed by atoms with Gasteiger partial charge in [0.15, 0.2) is 0 Å². The highest BCUT2D eigenvalue weighted by Gasteiger charge is 2.23. The standard InChI is InChI=1S/C26H23NO4/c1-30-20-13-10-18(11-14-20)25(27-26(29)19-7-5-8-21(16-19)31-2)24-22-9-4-3-6-17(22)12-15-23(24)28/h3-16,25,28H,1-2H3,(H,27,29)/t25-/m1/s1. The average Bonchev–Trinajstić information content (AvgIpc) is 2.83. The summed E-state index contributed by atoms with van der Waals surface area (Å²) in [4.78, 5) is 13.2. The number of aromatic hydroxyl groups is 1. The number of phenols is 1. The molecule has 4 aromatic rings. The van der Waals surface area contributed by atoms with E-state index in [1.165, 1.54) is 0 Å². The Morgan fingerprint density at radius 1 is 0.839 bits per heavy atom. The van der Waals surface area contributed by atoms with E-state index < -0.39 is 6.04 Å². The zero-order valence-electron chi connectivity index (χ0n) is 17.3. The number of benzene rings is 4. The molecule has 0 bridgehead atoms. The number of carbonyl (C=O) groups is 1. The van der Waals surface area contributed by atoms with E-state index in [0.29, 0.717) is 22.6 Å². The van der Waals surface area contributed by atoms with Crippen LogP contribution in [-0.2, 0) is 0 Å². The molecule has 0 aliphatic rings. The number of amides is 1. The van der Waals surface area contributed by atoms with Crippen LogP contribution in [0.25, 0.3) is 10.8 Å². The minimum Gasteiger partial charge on any atom is -0.508 e. The van der Waals surface area contributed by atoms with Crippen LogP contribution >= 0.6 is 0 Å². The lowest BCUT2D eigenvalue weighted by atomic mass is 9.92. The lowest BCUT2D eigenvalue weighted by molar-refractivity contribution is 0.0942. The van der Waals surface area contributed by atoms with Gasteiger partial charge in [0, 0.05) is 11.1 Å². The first kappa shape index (κ1) is 20.3. The Morgan fingerprint density at radius 3 is 2.32 bits per heavy atom. The van der Waals surface area contributed by atoms with Gasteiger partial charge < -0.3 is 19.9 Å². The molecule has 5 nitrogen and oxygen atoms in total. The number of carbonyl (C=O) groups excluding carboxylic acids is 1. The number of hydrogen-bond donors (Lipinski definition) is 2. The molecule has 0 unspecified atom stereocenters. The SMILES string of the molecule is COc1ccc([C@@H](NC(=O)c2cccc(OC)c2)c2c(O)ccc3ccccc23)cc1. The number of phenolic OH excluding ortho intramolecular Hbond substituents is 1. The van der Waals surface area contributed by atoms with Gasteiger partial charge in [-0.25, -0.2) is 0 Å². The zero-order chi connectivity index (χ0) is 21.8. The Morgan fingerprint density at radius 2 is 1.58 bits per heavy atom. The van der Waals surface area contributed by atoms with E-state index in [1.807, 2.05) is 54.6 Å². The second-order valence-corrected chi connectivity index (χ2v) is 7.13. The van der Waals surface area contributed by atoms with Crippen molar-refractivity contribution in [3.8, 4) is 17.2 Å². The molecule has 5 heteroatoms. The number of methoxy groups -OCH3 is 2. The van der Waals surface area contributed by atoms with Gasteiger partial charge in [0.25, 0.3) is 5.91 Å². The van der Waals surface area contributed by atoms with Crippen LogP contribution in [0.1, 0.15) is 27.5 Å². The highest BCUT2D eigenvalue weighted by molar-refractivity contribution is 5.96. The maximum Gasteiger partial charge on any atom is 0.252 e. The maximum atomic E-state index is 13.2. The van der Waals surface area contributed by atoms with Crippen LogP contribution in [0, 0.1) is 0 Å². The van der Waals surface area contributed by atoms with Crippen LogP contribution in [0.5, 0.6) is 17.2 Å². The second kappa shape index (κ2) is 8.79. The van der Waals surface area contributed by atoms with Crippen molar-refractivity contribution in [3.63, 3.8) is 0 Å². The van der Waals surface area contributed by atoms with Crippen molar-refractivity contribution < 1.29 is 19.4 Å². The van der Waals surface area contributed by atoms with Crippen LogP contribution in [0.4, 0.5) is 0 Å². The van der Waals surface area contributed by atoms with E-state index in [2.05, 4.69) is 5.32 Å². The molecule has 0 spiro atoms. The molecule has 0 heterocycles. The molecule has 2 N–H and O–H groups in total. The van der Waals surface area contributed by atoms with Gasteiger partial charge in [-0.3, -0.25) is 4.79 Å². The third-order valence-corrected chi connectivity index (χ3v) is 5.29. The summed E-state index contributed by atoms with van der Waals surface area (Å²) in [5.74, 6) is 1.16. The van der Waals surface area contributed by atoms with Crippen LogP contribution in [0.2, 0.25) is 0 Å². The van der Waals surface area contributed by atoms with Crippen LogP contribution in [0.3, 0.4) is 0 Å². The topological polar surface area (TPSA) is 67.8 Å². The van der Waals surface area contributed by atoms with E-state index in [-0.39, 0.29) is 11.7 Å². The monoisotopic (exact) mass is 413 g/mol. The normalized spacial score (nSPS) is 11.7. The molecule has 0 fully saturated rings. The molecule has 0 aliphatic carbocycles. The van der Waals surface area contributed by atoms with Gasteiger partial charge in [0.05, 0.1) is 20.3 Å². The van der Waals surface area contributed by atoms with E-state index in [4.69, 9.17) is 9.47 Å². The minimum atomic E-state index is -0.573. The predicted octanol–water partition coefficient (Wildman–Crippen LogP) is 5.08. The van der Waals surface area contributed by atoms with Crippen LogP contribution < -0.4 is 14.8 Å². The average molecular weight is 413 g/mol. The first-order valence-corrected chi connectivity index (χ1v) is 9.90. The summed E-state index contributed by atoms with van der Waals surface area (Å²) in [7, 11) is 3.17. The minimum absolute atomic E-state index is 0.116. The summed E-state index contributed by atoms with van der Waals surface area (Å²) in [5, 5.41) is 15.7. The number of rotatable bonds is 6. The summed E-state index contributed by atoms with van der Waals surface area (Å²) in [6.45, 7) is 0. The fraction of sp³-hybridized carbons (Fsp3) is 0.115. The quantitative estimate of drug-likeness (QED) is 0.462. The molecule has 1 amide bonds. The van der Waals surface area contributed by atoms with Gasteiger partial charge in [-0.2, -0.15) is 0 Å². The number of ether oxygens (including phenoxy) is 2. The Hall–Kier alpha value is -3.99. The van der Waals surface area contributed by atoms with Crippen molar-refractivity contribution in [1.82, 2.24) is 5.32 Å². The molecule has 0 saturated heterocycles. The summed E-state index contributed by atoms with van der Waals surface area (Å²) in [5.41, 5.74) is 1.93. The summed E-state index contributed by atoms with van der Waals surface area (Å²) in [6, 6.07) is 25.1. The molecule has 4 rings (SSSR count). The molecular weight excluding hydrogens is 390 g/mol. The summed E-state index contributed by atoms with van der Waals surface area (Å²) < 4.78 is 10.5. The molecule has 0 saturated carbocycles. The lowest BCUT2D eigenvalue weighted by Gasteiger charge is -2.23. The molecule has 156 valence electrons. The van der Waals surface area contributed by atoms with Gasteiger partial charge >= 0.3 is 0 Å². The first-order valence-electron chi connectivity index (χ1n) is 9.90. The molecule has 31 heavy (non-hydrogen) atoms. The number of hydrogen-bond acceptors (Lipinski definition) is 4. The Bertz CT molecular complexity index is 1220. The zero-order valence-corrected chi connectivity index (χ0v) is 17.3. The maximum absolute atomic E-state index is 13.2. The van der Waals surface area contributed by atoms with E-state index in [1.54, 1.807) is 44.6 Å². The molecule has 1 atom stereocenters. The Balaban J connectivity index is 1.82. The number of nitrogens with one attached hydrogen (secondary N) is 1. The van der Waals surface area contributed by atoms with Gasteiger partial charge in [0.2, 0.25) is 0 Å². The molecule has 0 radical (unpaired) electrons. The van der Waals surface area contributed by atoms with E-state index in [9.17, 15) is 9.90 Å². The van der Waals surface area contributed by atoms with Crippen molar-refractivity contribution >= 4 is 16.7 Å². The third-order valence-electron chi connectivity index (χ3n) is 5.29. The van der Waals surface area contributed by atoms with Crippen molar-refractivity contribution in [3.05, 3.63) is 102 Å². The van der Waals surface area contributed by atoms with Crippen LogP contribution in [-0.4, -0.2) is 25.2 Å². The van der Waals surface area contributed by atoms with Crippen molar-refractivity contribution in [1.29, 1.82) is 0 Å². The predicted molar refractivity (Wildman–Crippen MR) is 121 cm³/mol. The van der Waals surface area contributed by atoms with Gasteiger partial charge in [-0.1, -0.05) is 48.5 Å². The smallest absolute Gasteiger partial charge is 0.252 e. The van der Waals surface area contributed by atoms with Gasteiger partial charge in [-0.05, 0) is 52.7 Å². The van der Waals surface area contributed by atoms with Crippen LogP contribution in [0.15, 0.2) is 84.9 Å². The lowest BCUT2D eigenvalue weighted by Crippen LogP contribution is -2.29. The molecule has 0 aliphatic heterocycles. The highest BCUT2D eigenvalue weighted by Crippen LogP contribution is 2.36. The fourth-order valence-electron chi connectivity index (χ4n) is 3.68. The van der Waals surface area contributed by atoms with Crippen molar-refractivity contribution in [2.45, 2.75) is 6.04 Å². The molecular formula is C26H23NO4. The fourth-order valence-corrected chi connectivity index (χ4v) is 3.68. The van der Waals surface area contributed by atoms with E-state index in [0.717, 1.165) is 16.3 Å².